The summed E-state index contributed by atoms with van der Waals surface area (Å²) in [6, 6.07) is 12.1. The lowest BCUT2D eigenvalue weighted by atomic mass is 10.1. The van der Waals surface area contributed by atoms with Gasteiger partial charge >= 0.3 is 0 Å². The standard InChI is InChI=1S/C14H13ClN2S/c1-10(12-3-2-4-13(15)6-12)17-8-14-5-11(7-16)9-18-14/h2-6,9-10,17H,8H2,1H3/t10-/m1/s1. The maximum absolute atomic E-state index is 8.76. The van der Waals surface area contributed by atoms with Crippen LogP contribution in [-0.2, 0) is 6.54 Å². The summed E-state index contributed by atoms with van der Waals surface area (Å²) in [5.74, 6) is 0. The molecule has 0 aliphatic heterocycles. The summed E-state index contributed by atoms with van der Waals surface area (Å²) in [6.07, 6.45) is 0. The second-order valence-electron chi connectivity index (χ2n) is 4.07. The Kier molecular flexibility index (Phi) is 4.38. The average molecular weight is 277 g/mol. The van der Waals surface area contributed by atoms with Crippen molar-refractivity contribution in [3.8, 4) is 6.07 Å². The minimum absolute atomic E-state index is 0.233. The van der Waals surface area contributed by atoms with Crippen LogP contribution in [0.2, 0.25) is 5.02 Å². The first-order valence-corrected chi connectivity index (χ1v) is 6.91. The Morgan fingerprint density at radius 3 is 2.94 bits per heavy atom. The normalized spacial score (nSPS) is 12.1. The first kappa shape index (κ1) is 13.1. The summed E-state index contributed by atoms with van der Waals surface area (Å²) < 4.78 is 0. The highest BCUT2D eigenvalue weighted by molar-refractivity contribution is 7.10. The molecular formula is C14H13ClN2S. The molecule has 2 nitrogen and oxygen atoms in total. The third-order valence-corrected chi connectivity index (χ3v) is 3.89. The highest BCUT2D eigenvalue weighted by Crippen LogP contribution is 2.19. The lowest BCUT2D eigenvalue weighted by molar-refractivity contribution is 0.579. The molecule has 0 fully saturated rings. The molecule has 0 aliphatic rings. The van der Waals surface area contributed by atoms with Crippen LogP contribution < -0.4 is 5.32 Å². The van der Waals surface area contributed by atoms with Crippen molar-refractivity contribution in [2.24, 2.45) is 0 Å². The predicted molar refractivity (Wildman–Crippen MR) is 75.7 cm³/mol. The Labute approximate surface area is 116 Å². The van der Waals surface area contributed by atoms with Crippen LogP contribution in [0.25, 0.3) is 0 Å². The number of benzene rings is 1. The van der Waals surface area contributed by atoms with Crippen molar-refractivity contribution in [3.05, 3.63) is 56.7 Å². The van der Waals surface area contributed by atoms with Crippen LogP contribution in [-0.4, -0.2) is 0 Å². The third-order valence-electron chi connectivity index (χ3n) is 2.71. The number of hydrogen-bond donors (Lipinski definition) is 1. The van der Waals surface area contributed by atoms with Crippen molar-refractivity contribution in [1.82, 2.24) is 5.32 Å². The summed E-state index contributed by atoms with van der Waals surface area (Å²) >= 11 is 7.57. The molecule has 2 aromatic rings. The summed E-state index contributed by atoms with van der Waals surface area (Å²) in [4.78, 5) is 1.17. The van der Waals surface area contributed by atoms with Crippen LogP contribution >= 0.6 is 22.9 Å². The first-order valence-electron chi connectivity index (χ1n) is 5.65. The largest absolute Gasteiger partial charge is 0.305 e. The Morgan fingerprint density at radius 1 is 1.44 bits per heavy atom. The van der Waals surface area contributed by atoms with Gasteiger partial charge in [0.15, 0.2) is 0 Å². The van der Waals surface area contributed by atoms with Crippen LogP contribution in [0.3, 0.4) is 0 Å². The zero-order chi connectivity index (χ0) is 13.0. The monoisotopic (exact) mass is 276 g/mol. The number of nitrogens with zero attached hydrogens (tertiary/aromatic N) is 1. The van der Waals surface area contributed by atoms with E-state index >= 15 is 0 Å². The van der Waals surface area contributed by atoms with Crippen LogP contribution in [0.4, 0.5) is 0 Å². The van der Waals surface area contributed by atoms with E-state index in [0.29, 0.717) is 0 Å². The molecule has 0 saturated heterocycles. The molecule has 0 saturated carbocycles. The minimum Gasteiger partial charge on any atom is -0.305 e. The van der Waals surface area contributed by atoms with Crippen molar-refractivity contribution < 1.29 is 0 Å². The number of rotatable bonds is 4. The van der Waals surface area contributed by atoms with Gasteiger partial charge in [-0.05, 0) is 30.7 Å². The van der Waals surface area contributed by atoms with Crippen molar-refractivity contribution >= 4 is 22.9 Å². The van der Waals surface area contributed by atoms with E-state index in [1.54, 1.807) is 11.3 Å². The van der Waals surface area contributed by atoms with Crippen molar-refractivity contribution in [2.75, 3.05) is 0 Å². The molecule has 1 aromatic heterocycles. The maximum Gasteiger partial charge on any atom is 0.100 e. The number of thiophene rings is 1. The Balaban J connectivity index is 1.96. The topological polar surface area (TPSA) is 35.8 Å². The van der Waals surface area contributed by atoms with E-state index < -0.39 is 0 Å². The van der Waals surface area contributed by atoms with Crippen LogP contribution in [0.1, 0.15) is 29.0 Å². The molecule has 1 atom stereocenters. The molecular weight excluding hydrogens is 264 g/mol. The van der Waals surface area contributed by atoms with Gasteiger partial charge in [-0.25, -0.2) is 0 Å². The van der Waals surface area contributed by atoms with E-state index in [0.717, 1.165) is 17.1 Å². The van der Waals surface area contributed by atoms with Crippen molar-refractivity contribution in [2.45, 2.75) is 19.5 Å². The highest BCUT2D eigenvalue weighted by Gasteiger charge is 2.06. The summed E-state index contributed by atoms with van der Waals surface area (Å²) in [5, 5.41) is 14.8. The van der Waals surface area contributed by atoms with Gasteiger partial charge in [0.2, 0.25) is 0 Å². The lowest BCUT2D eigenvalue weighted by Crippen LogP contribution is -2.17. The smallest absolute Gasteiger partial charge is 0.100 e. The maximum atomic E-state index is 8.76. The van der Waals surface area contributed by atoms with Crippen molar-refractivity contribution in [1.29, 1.82) is 5.26 Å². The van der Waals surface area contributed by atoms with E-state index in [1.807, 2.05) is 29.6 Å². The second-order valence-corrected chi connectivity index (χ2v) is 5.50. The van der Waals surface area contributed by atoms with Crippen molar-refractivity contribution in [3.63, 3.8) is 0 Å². The van der Waals surface area contributed by atoms with Crippen LogP contribution in [0.5, 0.6) is 0 Å². The Hall–Kier alpha value is -1.34. The minimum atomic E-state index is 0.233. The first-order chi connectivity index (χ1) is 8.69. The lowest BCUT2D eigenvalue weighted by Gasteiger charge is -2.13. The Bertz CT molecular complexity index is 571. The molecule has 0 unspecified atom stereocenters. The molecule has 0 spiro atoms. The van der Waals surface area contributed by atoms with Crippen LogP contribution in [0, 0.1) is 11.3 Å². The van der Waals surface area contributed by atoms with Gasteiger partial charge in [0, 0.05) is 27.9 Å². The molecule has 4 heteroatoms. The fraction of sp³-hybridized carbons (Fsp3) is 0.214. The van der Waals surface area contributed by atoms with Gasteiger partial charge < -0.3 is 5.32 Å². The van der Waals surface area contributed by atoms with Gasteiger partial charge in [0.05, 0.1) is 5.56 Å². The van der Waals surface area contributed by atoms with Gasteiger partial charge in [-0.1, -0.05) is 23.7 Å². The molecule has 92 valence electrons. The predicted octanol–water partition coefficient (Wildman–Crippen LogP) is 4.12. The molecule has 0 bridgehead atoms. The van der Waals surface area contributed by atoms with Crippen LogP contribution in [0.15, 0.2) is 35.7 Å². The average Bonchev–Trinajstić information content (AvgIpc) is 2.84. The molecule has 1 aromatic carbocycles. The molecule has 0 amide bonds. The van der Waals surface area contributed by atoms with Gasteiger partial charge in [0.25, 0.3) is 0 Å². The quantitative estimate of drug-likeness (QED) is 0.912. The van der Waals surface area contributed by atoms with Gasteiger partial charge in [-0.2, -0.15) is 5.26 Å². The van der Waals surface area contributed by atoms with Gasteiger partial charge in [-0.3, -0.25) is 0 Å². The van der Waals surface area contributed by atoms with E-state index in [4.69, 9.17) is 16.9 Å². The number of hydrogen-bond acceptors (Lipinski definition) is 3. The Morgan fingerprint density at radius 2 is 2.28 bits per heavy atom. The van der Waals surface area contributed by atoms with E-state index in [9.17, 15) is 0 Å². The van der Waals surface area contributed by atoms with E-state index in [1.165, 1.54) is 10.4 Å². The number of halogens is 1. The van der Waals surface area contributed by atoms with Gasteiger partial charge in [0.1, 0.15) is 6.07 Å². The SMILES string of the molecule is C[C@@H](NCc1cc(C#N)cs1)c1cccc(Cl)c1. The number of nitrogens with one attached hydrogen (secondary N) is 1. The summed E-state index contributed by atoms with van der Waals surface area (Å²) in [7, 11) is 0. The van der Waals surface area contributed by atoms with E-state index in [-0.39, 0.29) is 6.04 Å². The molecule has 1 N–H and O–H groups in total. The zero-order valence-electron chi connectivity index (χ0n) is 9.98. The molecule has 0 radical (unpaired) electrons. The fourth-order valence-corrected chi connectivity index (χ4v) is 2.64. The van der Waals surface area contributed by atoms with E-state index in [2.05, 4.69) is 24.4 Å². The molecule has 0 aliphatic carbocycles. The number of nitriles is 1. The molecule has 2 rings (SSSR count). The second kappa shape index (κ2) is 6.01. The summed E-state index contributed by atoms with van der Waals surface area (Å²) in [5.41, 5.74) is 1.90. The third kappa shape index (κ3) is 3.33. The fourth-order valence-electron chi connectivity index (χ4n) is 1.68. The zero-order valence-corrected chi connectivity index (χ0v) is 11.6. The molecule has 18 heavy (non-hydrogen) atoms. The molecule has 1 heterocycles. The summed E-state index contributed by atoms with van der Waals surface area (Å²) in [6.45, 7) is 2.87. The van der Waals surface area contributed by atoms with Gasteiger partial charge in [-0.15, -0.1) is 11.3 Å². The highest BCUT2D eigenvalue weighted by atomic mass is 35.5.